The highest BCUT2D eigenvalue weighted by molar-refractivity contribution is 7.89. The van der Waals surface area contributed by atoms with Crippen molar-refractivity contribution in [1.82, 2.24) is 9.88 Å². The third kappa shape index (κ3) is 4.18. The number of thiophene rings is 1. The van der Waals surface area contributed by atoms with Crippen LogP contribution in [-0.4, -0.2) is 19.5 Å². The second kappa shape index (κ2) is 7.40. The lowest BCUT2D eigenvalue weighted by Gasteiger charge is -2.06. The summed E-state index contributed by atoms with van der Waals surface area (Å²) in [6.45, 7) is 3.55. The van der Waals surface area contributed by atoms with Crippen molar-refractivity contribution in [1.29, 1.82) is 0 Å². The van der Waals surface area contributed by atoms with Crippen LogP contribution in [0.4, 0.5) is 5.82 Å². The lowest BCUT2D eigenvalue weighted by molar-refractivity contribution is 0.102. The minimum atomic E-state index is -3.72. The van der Waals surface area contributed by atoms with E-state index in [1.807, 2.05) is 30.3 Å². The maximum Gasteiger partial charge on any atom is 0.267 e. The summed E-state index contributed by atoms with van der Waals surface area (Å²) in [6.07, 6.45) is 0. The van der Waals surface area contributed by atoms with Gasteiger partial charge in [-0.15, -0.1) is 11.3 Å². The zero-order valence-electron chi connectivity index (χ0n) is 14.1. The van der Waals surface area contributed by atoms with Crippen molar-refractivity contribution < 1.29 is 17.7 Å². The minimum absolute atomic E-state index is 0.0971. The number of rotatable bonds is 6. The summed E-state index contributed by atoms with van der Waals surface area (Å²) in [5, 5.41) is 6.27. The Morgan fingerprint density at radius 3 is 2.58 bits per heavy atom. The number of nitrogens with zero attached hydrogens (tertiary/aromatic N) is 1. The molecule has 136 valence electrons. The largest absolute Gasteiger partial charge is 0.360 e. The van der Waals surface area contributed by atoms with Gasteiger partial charge < -0.3 is 9.84 Å². The highest BCUT2D eigenvalue weighted by atomic mass is 32.2. The summed E-state index contributed by atoms with van der Waals surface area (Å²) in [5.74, 6) is 0.414. The number of carbonyl (C=O) groups is 1. The van der Waals surface area contributed by atoms with E-state index in [2.05, 4.69) is 15.2 Å². The Balaban J connectivity index is 1.75. The Morgan fingerprint density at radius 2 is 1.92 bits per heavy atom. The topological polar surface area (TPSA) is 101 Å². The molecule has 0 saturated carbocycles. The van der Waals surface area contributed by atoms with Gasteiger partial charge in [0.2, 0.25) is 10.0 Å². The Kier molecular flexibility index (Phi) is 5.21. The molecular weight excluding hydrogens is 374 g/mol. The summed E-state index contributed by atoms with van der Waals surface area (Å²) >= 11 is 1.11. The summed E-state index contributed by atoms with van der Waals surface area (Å²) in [6, 6.07) is 12.2. The molecule has 2 heterocycles. The molecule has 3 aromatic rings. The third-order valence-corrected chi connectivity index (χ3v) is 6.27. The van der Waals surface area contributed by atoms with E-state index in [4.69, 9.17) is 4.52 Å². The molecule has 0 unspecified atom stereocenters. The molecule has 3 rings (SSSR count). The second-order valence-corrected chi connectivity index (χ2v) is 8.61. The number of aryl methyl sites for hydroxylation is 2. The van der Waals surface area contributed by atoms with Gasteiger partial charge in [0.25, 0.3) is 5.91 Å². The molecule has 0 aliphatic heterocycles. The highest BCUT2D eigenvalue weighted by Crippen LogP contribution is 2.26. The molecule has 0 saturated heterocycles. The molecule has 1 aromatic carbocycles. The Morgan fingerprint density at radius 1 is 1.19 bits per heavy atom. The van der Waals surface area contributed by atoms with E-state index in [1.165, 1.54) is 6.07 Å². The van der Waals surface area contributed by atoms with Crippen LogP contribution in [0.1, 0.15) is 25.9 Å². The number of aromatic nitrogens is 1. The van der Waals surface area contributed by atoms with Gasteiger partial charge in [0, 0.05) is 17.5 Å². The van der Waals surface area contributed by atoms with E-state index < -0.39 is 15.9 Å². The molecule has 0 radical (unpaired) electrons. The molecule has 2 aromatic heterocycles. The predicted molar refractivity (Wildman–Crippen MR) is 98.7 cm³/mol. The van der Waals surface area contributed by atoms with Crippen LogP contribution in [0.3, 0.4) is 0 Å². The average molecular weight is 391 g/mol. The standard InChI is InChI=1S/C17H17N3O4S2/c1-11-8-16(20-24-11)19-17(21)14-9-15(12(2)25-14)26(22,23)18-10-13-6-4-3-5-7-13/h3-9,18H,10H2,1-2H3,(H,19,20,21). The number of hydrogen-bond acceptors (Lipinski definition) is 6. The molecule has 9 heteroatoms. The maximum atomic E-state index is 12.6. The van der Waals surface area contributed by atoms with Crippen LogP contribution in [0.5, 0.6) is 0 Å². The summed E-state index contributed by atoms with van der Waals surface area (Å²) in [4.78, 5) is 13.2. The highest BCUT2D eigenvalue weighted by Gasteiger charge is 2.22. The first kappa shape index (κ1) is 18.3. The number of sulfonamides is 1. The van der Waals surface area contributed by atoms with Crippen LogP contribution in [0.15, 0.2) is 51.9 Å². The molecule has 0 fully saturated rings. The van der Waals surface area contributed by atoms with Crippen LogP contribution in [0.2, 0.25) is 0 Å². The monoisotopic (exact) mass is 391 g/mol. The second-order valence-electron chi connectivity index (χ2n) is 5.62. The fourth-order valence-corrected chi connectivity index (χ4v) is 4.80. The van der Waals surface area contributed by atoms with Gasteiger partial charge in [0.15, 0.2) is 5.82 Å². The van der Waals surface area contributed by atoms with E-state index >= 15 is 0 Å². The van der Waals surface area contributed by atoms with Gasteiger partial charge in [-0.1, -0.05) is 35.5 Å². The molecule has 7 nitrogen and oxygen atoms in total. The SMILES string of the molecule is Cc1cc(NC(=O)c2cc(S(=O)(=O)NCc3ccccc3)c(C)s2)no1. The van der Waals surface area contributed by atoms with Gasteiger partial charge in [-0.3, -0.25) is 4.79 Å². The average Bonchev–Trinajstić information content (AvgIpc) is 3.20. The van der Waals surface area contributed by atoms with Gasteiger partial charge >= 0.3 is 0 Å². The zero-order valence-corrected chi connectivity index (χ0v) is 15.8. The third-order valence-electron chi connectivity index (χ3n) is 3.56. The van der Waals surface area contributed by atoms with Crippen LogP contribution < -0.4 is 10.0 Å². The molecule has 0 atom stereocenters. The first-order chi connectivity index (χ1) is 12.3. The molecule has 1 amide bonds. The Hall–Kier alpha value is -2.49. The van der Waals surface area contributed by atoms with Crippen molar-refractivity contribution in [3.05, 3.63) is 63.5 Å². The lowest BCUT2D eigenvalue weighted by atomic mass is 10.2. The first-order valence-corrected chi connectivity index (χ1v) is 10.0. The molecule has 2 N–H and O–H groups in total. The summed E-state index contributed by atoms with van der Waals surface area (Å²) in [5.41, 5.74) is 0.850. The van der Waals surface area contributed by atoms with Crippen molar-refractivity contribution in [3.8, 4) is 0 Å². The van der Waals surface area contributed by atoms with E-state index in [0.717, 1.165) is 16.9 Å². The number of benzene rings is 1. The van der Waals surface area contributed by atoms with Crippen LogP contribution in [-0.2, 0) is 16.6 Å². The molecule has 0 bridgehead atoms. The number of anilines is 1. The van der Waals surface area contributed by atoms with Crippen LogP contribution in [0, 0.1) is 13.8 Å². The summed E-state index contributed by atoms with van der Waals surface area (Å²) < 4.78 is 32.6. The number of nitrogens with one attached hydrogen (secondary N) is 2. The fraction of sp³-hybridized carbons (Fsp3) is 0.176. The molecule has 0 aliphatic rings. The van der Waals surface area contributed by atoms with Crippen molar-refractivity contribution in [3.63, 3.8) is 0 Å². The summed E-state index contributed by atoms with van der Waals surface area (Å²) in [7, 11) is -3.72. The molecular formula is C17H17N3O4S2. The van der Waals surface area contributed by atoms with Crippen molar-refractivity contribution >= 4 is 33.1 Å². The lowest BCUT2D eigenvalue weighted by Crippen LogP contribution is -2.23. The van der Waals surface area contributed by atoms with Gasteiger partial charge in [0.1, 0.15) is 5.76 Å². The molecule has 0 aliphatic carbocycles. The van der Waals surface area contributed by atoms with Gasteiger partial charge in [-0.05, 0) is 25.5 Å². The smallest absolute Gasteiger partial charge is 0.267 e. The zero-order chi connectivity index (χ0) is 18.7. The van der Waals surface area contributed by atoms with Gasteiger partial charge in [-0.2, -0.15) is 0 Å². The van der Waals surface area contributed by atoms with Crippen LogP contribution >= 0.6 is 11.3 Å². The van der Waals surface area contributed by atoms with Gasteiger partial charge in [-0.25, -0.2) is 13.1 Å². The van der Waals surface area contributed by atoms with E-state index in [9.17, 15) is 13.2 Å². The Labute approximate surface area is 155 Å². The first-order valence-electron chi connectivity index (χ1n) is 7.74. The van der Waals surface area contributed by atoms with E-state index in [0.29, 0.717) is 10.6 Å². The van der Waals surface area contributed by atoms with Crippen molar-refractivity contribution in [2.24, 2.45) is 0 Å². The molecule has 26 heavy (non-hydrogen) atoms. The van der Waals surface area contributed by atoms with E-state index in [-0.39, 0.29) is 22.1 Å². The predicted octanol–water partition coefficient (Wildman–Crippen LogP) is 3.08. The Bertz CT molecular complexity index is 1020. The maximum absolute atomic E-state index is 12.6. The van der Waals surface area contributed by atoms with Crippen molar-refractivity contribution in [2.75, 3.05) is 5.32 Å². The molecule has 0 spiro atoms. The number of amides is 1. The number of hydrogen-bond donors (Lipinski definition) is 2. The number of carbonyl (C=O) groups excluding carboxylic acids is 1. The van der Waals surface area contributed by atoms with Gasteiger partial charge in [0.05, 0.1) is 9.77 Å². The van der Waals surface area contributed by atoms with E-state index in [1.54, 1.807) is 19.9 Å². The normalized spacial score (nSPS) is 11.5. The fourth-order valence-electron chi connectivity index (χ4n) is 2.30. The van der Waals surface area contributed by atoms with Crippen molar-refractivity contribution in [2.45, 2.75) is 25.3 Å². The van der Waals surface area contributed by atoms with Crippen LogP contribution in [0.25, 0.3) is 0 Å². The minimum Gasteiger partial charge on any atom is -0.360 e. The quantitative estimate of drug-likeness (QED) is 0.672.